The van der Waals surface area contributed by atoms with E-state index in [0.29, 0.717) is 5.56 Å². The molecule has 0 radical (unpaired) electrons. The number of hydrogen-bond donors (Lipinski definition) is 0. The molecule has 0 bridgehead atoms. The van der Waals surface area contributed by atoms with E-state index in [1.807, 2.05) is 12.1 Å². The largest absolute Gasteiger partial charge is 0.192 e. The predicted molar refractivity (Wildman–Crippen MR) is 101 cm³/mol. The second-order valence-electron chi connectivity index (χ2n) is 6.15. The standard InChI is InChI=1S/C23H25N/c1-2-3-4-5-6-7-8-20-9-11-21(12-10-20)13-14-22-15-17-23(19-24)18-16-22/h9-12,15-18H,2-8H2,1H3. The van der Waals surface area contributed by atoms with E-state index < -0.39 is 0 Å². The van der Waals surface area contributed by atoms with Crippen molar-refractivity contribution in [3.8, 4) is 17.9 Å². The van der Waals surface area contributed by atoms with Crippen LogP contribution in [0, 0.1) is 23.2 Å². The van der Waals surface area contributed by atoms with Crippen LogP contribution in [0.15, 0.2) is 48.5 Å². The molecule has 0 unspecified atom stereocenters. The first-order valence-corrected chi connectivity index (χ1v) is 8.93. The Balaban J connectivity index is 1.81. The number of unbranched alkanes of at least 4 members (excludes halogenated alkanes) is 5. The highest BCUT2D eigenvalue weighted by atomic mass is 14.2. The van der Waals surface area contributed by atoms with Crippen molar-refractivity contribution in [2.75, 3.05) is 0 Å². The third kappa shape index (κ3) is 6.31. The first-order chi connectivity index (χ1) is 11.8. The molecule has 0 heterocycles. The molecule has 0 saturated heterocycles. The average molecular weight is 315 g/mol. The van der Waals surface area contributed by atoms with Crippen molar-refractivity contribution in [1.82, 2.24) is 0 Å². The maximum Gasteiger partial charge on any atom is 0.0991 e. The zero-order valence-electron chi connectivity index (χ0n) is 14.5. The molecule has 0 aromatic heterocycles. The summed E-state index contributed by atoms with van der Waals surface area (Å²) in [5.41, 5.74) is 4.03. The summed E-state index contributed by atoms with van der Waals surface area (Å²) >= 11 is 0. The molecule has 0 aliphatic rings. The van der Waals surface area contributed by atoms with Gasteiger partial charge in [-0.3, -0.25) is 0 Å². The van der Waals surface area contributed by atoms with E-state index in [0.717, 1.165) is 17.5 Å². The summed E-state index contributed by atoms with van der Waals surface area (Å²) in [4.78, 5) is 0. The van der Waals surface area contributed by atoms with Crippen molar-refractivity contribution in [1.29, 1.82) is 5.26 Å². The lowest BCUT2D eigenvalue weighted by atomic mass is 10.0. The topological polar surface area (TPSA) is 23.8 Å². The third-order valence-corrected chi connectivity index (χ3v) is 4.14. The predicted octanol–water partition coefficient (Wildman–Crippen LogP) is 5.86. The van der Waals surface area contributed by atoms with E-state index in [1.54, 1.807) is 12.1 Å². The van der Waals surface area contributed by atoms with Crippen molar-refractivity contribution < 1.29 is 0 Å². The molecule has 1 nitrogen and oxygen atoms in total. The molecule has 0 aliphatic heterocycles. The molecule has 0 aliphatic carbocycles. The molecule has 0 saturated carbocycles. The van der Waals surface area contributed by atoms with E-state index in [9.17, 15) is 0 Å². The summed E-state index contributed by atoms with van der Waals surface area (Å²) in [6, 6.07) is 18.1. The SMILES string of the molecule is CCCCCCCCc1ccc(C#Cc2ccc(C#N)cc2)cc1. The van der Waals surface area contributed by atoms with Gasteiger partial charge in [-0.2, -0.15) is 5.26 Å². The van der Waals surface area contributed by atoms with Gasteiger partial charge in [0.25, 0.3) is 0 Å². The minimum Gasteiger partial charge on any atom is -0.192 e. The van der Waals surface area contributed by atoms with E-state index >= 15 is 0 Å². The van der Waals surface area contributed by atoms with Gasteiger partial charge < -0.3 is 0 Å². The molecule has 0 N–H and O–H groups in total. The molecule has 1 heteroatoms. The summed E-state index contributed by atoms with van der Waals surface area (Å²) in [6.45, 7) is 2.26. The molecule has 0 fully saturated rings. The Bertz CT molecular complexity index is 706. The van der Waals surface area contributed by atoms with E-state index in [-0.39, 0.29) is 0 Å². The van der Waals surface area contributed by atoms with Crippen LogP contribution in [0.2, 0.25) is 0 Å². The fourth-order valence-corrected chi connectivity index (χ4v) is 2.64. The van der Waals surface area contributed by atoms with E-state index in [4.69, 9.17) is 5.26 Å². The maximum atomic E-state index is 8.79. The Morgan fingerprint density at radius 1 is 0.667 bits per heavy atom. The number of hydrogen-bond acceptors (Lipinski definition) is 1. The summed E-state index contributed by atoms with van der Waals surface area (Å²) in [5.74, 6) is 6.33. The van der Waals surface area contributed by atoms with E-state index in [2.05, 4.69) is 49.1 Å². The van der Waals surface area contributed by atoms with Gasteiger partial charge in [-0.1, -0.05) is 63.0 Å². The van der Waals surface area contributed by atoms with Gasteiger partial charge in [-0.25, -0.2) is 0 Å². The van der Waals surface area contributed by atoms with Gasteiger partial charge in [0.2, 0.25) is 0 Å². The Morgan fingerprint density at radius 3 is 1.75 bits per heavy atom. The highest BCUT2D eigenvalue weighted by Gasteiger charge is 1.95. The molecule has 0 spiro atoms. The zero-order chi connectivity index (χ0) is 17.0. The first kappa shape index (κ1) is 17.8. The van der Waals surface area contributed by atoms with E-state index in [1.165, 1.54) is 44.1 Å². The smallest absolute Gasteiger partial charge is 0.0991 e. The minimum absolute atomic E-state index is 0.666. The van der Waals surface area contributed by atoms with Crippen LogP contribution in [0.3, 0.4) is 0 Å². The van der Waals surface area contributed by atoms with Crippen LogP contribution in [0.1, 0.15) is 67.7 Å². The zero-order valence-corrected chi connectivity index (χ0v) is 14.5. The Morgan fingerprint density at radius 2 is 1.17 bits per heavy atom. The molecule has 2 aromatic carbocycles. The molecule has 2 aromatic rings. The highest BCUT2D eigenvalue weighted by Crippen LogP contribution is 2.11. The van der Waals surface area contributed by atoms with Gasteiger partial charge in [0.05, 0.1) is 11.6 Å². The van der Waals surface area contributed by atoms with Crippen molar-refractivity contribution in [2.24, 2.45) is 0 Å². The van der Waals surface area contributed by atoms with Gasteiger partial charge >= 0.3 is 0 Å². The fourth-order valence-electron chi connectivity index (χ4n) is 2.64. The first-order valence-electron chi connectivity index (χ1n) is 8.93. The Kier molecular flexibility index (Phi) is 7.66. The number of aryl methyl sites for hydroxylation is 1. The van der Waals surface area contributed by atoms with Gasteiger partial charge in [-0.15, -0.1) is 0 Å². The number of benzene rings is 2. The number of nitriles is 1. The lowest BCUT2D eigenvalue weighted by molar-refractivity contribution is 0.607. The van der Waals surface area contributed by atoms with Gasteiger partial charge in [0.15, 0.2) is 0 Å². The van der Waals surface area contributed by atoms with Crippen molar-refractivity contribution in [3.05, 3.63) is 70.8 Å². The fraction of sp³-hybridized carbons (Fsp3) is 0.348. The molecule has 0 atom stereocenters. The Hall–Kier alpha value is -2.51. The second-order valence-corrected chi connectivity index (χ2v) is 6.15. The number of nitrogens with zero attached hydrogens (tertiary/aromatic N) is 1. The second kappa shape index (κ2) is 10.3. The summed E-state index contributed by atoms with van der Waals surface area (Å²) < 4.78 is 0. The van der Waals surface area contributed by atoms with Crippen LogP contribution >= 0.6 is 0 Å². The van der Waals surface area contributed by atoms with Crippen LogP contribution in [0.5, 0.6) is 0 Å². The number of rotatable bonds is 7. The lowest BCUT2D eigenvalue weighted by Crippen LogP contribution is -1.87. The lowest BCUT2D eigenvalue weighted by Gasteiger charge is -2.02. The maximum absolute atomic E-state index is 8.79. The summed E-state index contributed by atoms with van der Waals surface area (Å²) in [5, 5.41) is 8.79. The van der Waals surface area contributed by atoms with Crippen LogP contribution in [-0.4, -0.2) is 0 Å². The molecule has 122 valence electrons. The average Bonchev–Trinajstić information content (AvgIpc) is 2.64. The van der Waals surface area contributed by atoms with Crippen LogP contribution in [0.4, 0.5) is 0 Å². The van der Waals surface area contributed by atoms with Crippen LogP contribution < -0.4 is 0 Å². The highest BCUT2D eigenvalue weighted by molar-refractivity contribution is 5.45. The molecule has 24 heavy (non-hydrogen) atoms. The van der Waals surface area contributed by atoms with Gasteiger partial charge in [0.1, 0.15) is 0 Å². The summed E-state index contributed by atoms with van der Waals surface area (Å²) in [7, 11) is 0. The van der Waals surface area contributed by atoms with Crippen molar-refractivity contribution in [2.45, 2.75) is 51.9 Å². The van der Waals surface area contributed by atoms with Gasteiger partial charge in [0, 0.05) is 11.1 Å². The van der Waals surface area contributed by atoms with Gasteiger partial charge in [-0.05, 0) is 54.8 Å². The van der Waals surface area contributed by atoms with Crippen molar-refractivity contribution >= 4 is 0 Å². The monoisotopic (exact) mass is 315 g/mol. The van der Waals surface area contributed by atoms with Crippen molar-refractivity contribution in [3.63, 3.8) is 0 Å². The van der Waals surface area contributed by atoms with Crippen LogP contribution in [0.25, 0.3) is 0 Å². The Labute approximate surface area is 146 Å². The van der Waals surface area contributed by atoms with Crippen LogP contribution in [-0.2, 0) is 6.42 Å². The molecular formula is C23H25N. The molecule has 0 amide bonds. The quantitative estimate of drug-likeness (QED) is 0.463. The minimum atomic E-state index is 0.666. The normalized spacial score (nSPS) is 9.83. The molecular weight excluding hydrogens is 290 g/mol. The molecule has 2 rings (SSSR count). The summed E-state index contributed by atoms with van der Waals surface area (Å²) in [6.07, 6.45) is 9.19. The third-order valence-electron chi connectivity index (χ3n) is 4.14.